The highest BCUT2D eigenvalue weighted by Gasteiger charge is 2.25. The van der Waals surface area contributed by atoms with Crippen molar-refractivity contribution in [1.29, 1.82) is 0 Å². The van der Waals surface area contributed by atoms with Crippen LogP contribution in [0.3, 0.4) is 0 Å². The number of hydrogen-bond donors (Lipinski definition) is 1. The van der Waals surface area contributed by atoms with E-state index in [0.717, 1.165) is 35.5 Å². The molecule has 1 N–H and O–H groups in total. The lowest BCUT2D eigenvalue weighted by Crippen LogP contribution is -2.31. The smallest absolute Gasteiger partial charge is 0.261 e. The first-order valence-electron chi connectivity index (χ1n) is 7.45. The van der Waals surface area contributed by atoms with E-state index in [0.29, 0.717) is 6.61 Å². The fourth-order valence-corrected chi connectivity index (χ4v) is 4.32. The zero-order valence-electron chi connectivity index (χ0n) is 11.7. The van der Waals surface area contributed by atoms with E-state index in [2.05, 4.69) is 11.4 Å². The molecule has 1 amide bonds. The number of amides is 1. The highest BCUT2D eigenvalue weighted by molar-refractivity contribution is 7.14. The van der Waals surface area contributed by atoms with Gasteiger partial charge in [-0.3, -0.25) is 4.79 Å². The van der Waals surface area contributed by atoms with E-state index in [4.69, 9.17) is 4.74 Å². The van der Waals surface area contributed by atoms with E-state index in [9.17, 15) is 4.79 Å². The van der Waals surface area contributed by atoms with Crippen molar-refractivity contribution in [3.63, 3.8) is 0 Å². The summed E-state index contributed by atoms with van der Waals surface area (Å²) < 4.78 is 5.64. The number of hydrogen-bond acceptors (Lipinski definition) is 3. The van der Waals surface area contributed by atoms with E-state index in [1.807, 2.05) is 24.3 Å². The van der Waals surface area contributed by atoms with Gasteiger partial charge in [-0.15, -0.1) is 11.3 Å². The number of fused-ring (bicyclic) bond motifs is 2. The zero-order valence-corrected chi connectivity index (χ0v) is 12.5. The van der Waals surface area contributed by atoms with Gasteiger partial charge in [-0.1, -0.05) is 18.2 Å². The average Bonchev–Trinajstić information content (AvgIpc) is 3.09. The van der Waals surface area contributed by atoms with Crippen molar-refractivity contribution >= 4 is 17.2 Å². The van der Waals surface area contributed by atoms with Crippen molar-refractivity contribution in [1.82, 2.24) is 5.32 Å². The SMILES string of the molecule is O=C(N[C@@H]1CCOc2ccccc21)c1cc2c(s1)CCC2. The Bertz CT molecular complexity index is 670. The minimum atomic E-state index is 0.0519. The first kappa shape index (κ1) is 12.9. The van der Waals surface area contributed by atoms with Gasteiger partial charge in [-0.25, -0.2) is 0 Å². The summed E-state index contributed by atoms with van der Waals surface area (Å²) in [7, 11) is 0. The van der Waals surface area contributed by atoms with E-state index in [-0.39, 0.29) is 11.9 Å². The van der Waals surface area contributed by atoms with Crippen LogP contribution >= 0.6 is 11.3 Å². The van der Waals surface area contributed by atoms with Gasteiger partial charge >= 0.3 is 0 Å². The lowest BCUT2D eigenvalue weighted by Gasteiger charge is -2.26. The fourth-order valence-electron chi connectivity index (χ4n) is 3.16. The maximum absolute atomic E-state index is 12.5. The Morgan fingerprint density at radius 2 is 2.19 bits per heavy atom. The van der Waals surface area contributed by atoms with Crippen LogP contribution in [-0.2, 0) is 12.8 Å². The van der Waals surface area contributed by atoms with Crippen LogP contribution in [-0.4, -0.2) is 12.5 Å². The molecular weight excluding hydrogens is 282 g/mol. The number of benzene rings is 1. The Hall–Kier alpha value is -1.81. The molecule has 0 radical (unpaired) electrons. The largest absolute Gasteiger partial charge is 0.493 e. The van der Waals surface area contributed by atoms with Gasteiger partial charge < -0.3 is 10.1 Å². The van der Waals surface area contributed by atoms with Gasteiger partial charge in [0.1, 0.15) is 5.75 Å². The summed E-state index contributed by atoms with van der Waals surface area (Å²) in [5.74, 6) is 0.943. The van der Waals surface area contributed by atoms with E-state index < -0.39 is 0 Å². The van der Waals surface area contributed by atoms with Crippen LogP contribution in [0.5, 0.6) is 5.75 Å². The molecule has 21 heavy (non-hydrogen) atoms. The van der Waals surface area contributed by atoms with Crippen molar-refractivity contribution in [2.75, 3.05) is 6.61 Å². The molecular formula is C17H17NO2S. The number of para-hydroxylation sites is 1. The topological polar surface area (TPSA) is 38.3 Å². The Morgan fingerprint density at radius 3 is 3.10 bits per heavy atom. The van der Waals surface area contributed by atoms with Crippen molar-refractivity contribution in [2.45, 2.75) is 31.7 Å². The molecule has 1 aliphatic carbocycles. The lowest BCUT2D eigenvalue weighted by molar-refractivity contribution is 0.0929. The maximum Gasteiger partial charge on any atom is 0.261 e. The van der Waals surface area contributed by atoms with Crippen LogP contribution in [0.15, 0.2) is 30.3 Å². The monoisotopic (exact) mass is 299 g/mol. The molecule has 2 heterocycles. The molecule has 0 fully saturated rings. The van der Waals surface area contributed by atoms with E-state index >= 15 is 0 Å². The molecule has 0 spiro atoms. The van der Waals surface area contributed by atoms with Crippen LogP contribution in [0.4, 0.5) is 0 Å². The van der Waals surface area contributed by atoms with Crippen molar-refractivity contribution in [3.05, 3.63) is 51.2 Å². The summed E-state index contributed by atoms with van der Waals surface area (Å²) >= 11 is 1.66. The van der Waals surface area contributed by atoms with Gasteiger partial charge in [0.2, 0.25) is 0 Å². The number of carbonyl (C=O) groups excluding carboxylic acids is 1. The van der Waals surface area contributed by atoms with Crippen LogP contribution in [0.1, 0.15) is 44.6 Å². The van der Waals surface area contributed by atoms with E-state index in [1.165, 1.54) is 16.9 Å². The second kappa shape index (κ2) is 5.19. The van der Waals surface area contributed by atoms with Crippen LogP contribution in [0, 0.1) is 0 Å². The number of aryl methyl sites for hydroxylation is 2. The molecule has 1 aromatic heterocycles. The summed E-state index contributed by atoms with van der Waals surface area (Å²) in [6.45, 7) is 0.656. The normalized spacial score (nSPS) is 19.5. The average molecular weight is 299 g/mol. The van der Waals surface area contributed by atoms with Gasteiger partial charge in [0.25, 0.3) is 5.91 Å². The minimum absolute atomic E-state index is 0.0519. The molecule has 2 aromatic rings. The molecule has 0 saturated carbocycles. The second-order valence-electron chi connectivity index (χ2n) is 5.61. The predicted octanol–water partition coefficient (Wildman–Crippen LogP) is 3.49. The molecule has 2 aliphatic rings. The summed E-state index contributed by atoms with van der Waals surface area (Å²) in [6.07, 6.45) is 4.32. The van der Waals surface area contributed by atoms with E-state index in [1.54, 1.807) is 11.3 Å². The summed E-state index contributed by atoms with van der Waals surface area (Å²) in [4.78, 5) is 14.7. The number of carbonyl (C=O) groups is 1. The summed E-state index contributed by atoms with van der Waals surface area (Å²) in [5, 5.41) is 3.17. The second-order valence-corrected chi connectivity index (χ2v) is 6.75. The van der Waals surface area contributed by atoms with Gasteiger partial charge in [0, 0.05) is 16.9 Å². The Morgan fingerprint density at radius 1 is 1.29 bits per heavy atom. The molecule has 0 unspecified atom stereocenters. The quantitative estimate of drug-likeness (QED) is 0.922. The third-order valence-electron chi connectivity index (χ3n) is 4.23. The fraction of sp³-hybridized carbons (Fsp3) is 0.353. The molecule has 4 heteroatoms. The number of rotatable bonds is 2. The Kier molecular flexibility index (Phi) is 3.19. The predicted molar refractivity (Wildman–Crippen MR) is 83.1 cm³/mol. The van der Waals surface area contributed by atoms with Crippen molar-refractivity contribution in [3.8, 4) is 5.75 Å². The van der Waals surface area contributed by atoms with Gasteiger partial charge in [0.05, 0.1) is 17.5 Å². The van der Waals surface area contributed by atoms with Crippen molar-refractivity contribution in [2.24, 2.45) is 0 Å². The first-order valence-corrected chi connectivity index (χ1v) is 8.27. The van der Waals surface area contributed by atoms with Crippen LogP contribution < -0.4 is 10.1 Å². The number of nitrogens with one attached hydrogen (secondary N) is 1. The molecule has 4 rings (SSSR count). The summed E-state index contributed by atoms with van der Waals surface area (Å²) in [6, 6.07) is 10.1. The first-order chi connectivity index (χ1) is 10.3. The molecule has 1 aliphatic heterocycles. The lowest BCUT2D eigenvalue weighted by atomic mass is 10.0. The summed E-state index contributed by atoms with van der Waals surface area (Å²) in [5.41, 5.74) is 2.46. The third-order valence-corrected chi connectivity index (χ3v) is 5.47. The third kappa shape index (κ3) is 2.33. The maximum atomic E-state index is 12.5. The van der Waals surface area contributed by atoms with Crippen LogP contribution in [0.2, 0.25) is 0 Å². The molecule has 1 aromatic carbocycles. The Labute approximate surface area is 127 Å². The number of ether oxygens (including phenoxy) is 1. The minimum Gasteiger partial charge on any atom is -0.493 e. The van der Waals surface area contributed by atoms with Gasteiger partial charge in [0.15, 0.2) is 0 Å². The highest BCUT2D eigenvalue weighted by Crippen LogP contribution is 2.33. The van der Waals surface area contributed by atoms with Crippen LogP contribution in [0.25, 0.3) is 0 Å². The molecule has 0 bridgehead atoms. The number of thiophene rings is 1. The molecule has 108 valence electrons. The van der Waals surface area contributed by atoms with Crippen molar-refractivity contribution < 1.29 is 9.53 Å². The zero-order chi connectivity index (χ0) is 14.2. The molecule has 3 nitrogen and oxygen atoms in total. The standard InChI is InChI=1S/C17H17NO2S/c19-17(16-10-11-4-3-7-15(11)21-16)18-13-8-9-20-14-6-2-1-5-12(13)14/h1-2,5-6,10,13H,3-4,7-9H2,(H,18,19)/t13-/m1/s1. The highest BCUT2D eigenvalue weighted by atomic mass is 32.1. The molecule has 0 saturated heterocycles. The Balaban J connectivity index is 1.54. The molecule has 1 atom stereocenters. The van der Waals surface area contributed by atoms with Gasteiger partial charge in [-0.05, 0) is 37.0 Å². The van der Waals surface area contributed by atoms with Gasteiger partial charge in [-0.2, -0.15) is 0 Å².